The van der Waals surface area contributed by atoms with Gasteiger partial charge >= 0.3 is 5.97 Å². The van der Waals surface area contributed by atoms with Crippen LogP contribution in [0.25, 0.3) is 11.0 Å². The van der Waals surface area contributed by atoms with Crippen molar-refractivity contribution in [1.29, 1.82) is 0 Å². The van der Waals surface area contributed by atoms with Crippen molar-refractivity contribution in [3.63, 3.8) is 0 Å². The fourth-order valence-electron chi connectivity index (χ4n) is 2.50. The molecule has 26 heavy (non-hydrogen) atoms. The SMILES string of the molecule is COC(=O)c1ccc2nnn(OCC(=O)Nc3ccc(C)cc3C)c2c1. The van der Waals surface area contributed by atoms with E-state index in [2.05, 4.69) is 15.6 Å². The number of methoxy groups -OCH3 is 1. The van der Waals surface area contributed by atoms with Crippen LogP contribution >= 0.6 is 0 Å². The van der Waals surface area contributed by atoms with E-state index < -0.39 is 5.97 Å². The first kappa shape index (κ1) is 17.4. The average Bonchev–Trinajstić information content (AvgIpc) is 3.04. The Morgan fingerprint density at radius 3 is 2.69 bits per heavy atom. The van der Waals surface area contributed by atoms with Crippen molar-refractivity contribution in [2.75, 3.05) is 19.0 Å². The topological polar surface area (TPSA) is 95.3 Å². The summed E-state index contributed by atoms with van der Waals surface area (Å²) in [7, 11) is 1.30. The summed E-state index contributed by atoms with van der Waals surface area (Å²) >= 11 is 0. The number of benzene rings is 2. The minimum atomic E-state index is -0.479. The van der Waals surface area contributed by atoms with Crippen LogP contribution in [0.2, 0.25) is 0 Å². The van der Waals surface area contributed by atoms with Crippen molar-refractivity contribution in [1.82, 2.24) is 15.2 Å². The Kier molecular flexibility index (Phi) is 4.83. The van der Waals surface area contributed by atoms with Gasteiger partial charge in [0.1, 0.15) is 11.0 Å². The first-order valence-electron chi connectivity index (χ1n) is 7.92. The minimum Gasteiger partial charge on any atom is -0.465 e. The third kappa shape index (κ3) is 3.64. The Morgan fingerprint density at radius 1 is 1.15 bits per heavy atom. The summed E-state index contributed by atoms with van der Waals surface area (Å²) < 4.78 is 4.69. The molecule has 3 rings (SSSR count). The lowest BCUT2D eigenvalue weighted by atomic mass is 10.1. The van der Waals surface area contributed by atoms with Crippen LogP contribution in [0.3, 0.4) is 0 Å². The number of nitrogens with one attached hydrogen (secondary N) is 1. The highest BCUT2D eigenvalue weighted by atomic mass is 16.7. The van der Waals surface area contributed by atoms with E-state index in [0.29, 0.717) is 16.6 Å². The summed E-state index contributed by atoms with van der Waals surface area (Å²) in [6.07, 6.45) is 0. The fourth-order valence-corrected chi connectivity index (χ4v) is 2.50. The Bertz CT molecular complexity index is 980. The zero-order chi connectivity index (χ0) is 18.7. The highest BCUT2D eigenvalue weighted by Gasteiger charge is 2.13. The normalized spacial score (nSPS) is 10.6. The smallest absolute Gasteiger partial charge is 0.337 e. The number of nitrogens with zero attached hydrogens (tertiary/aromatic N) is 3. The van der Waals surface area contributed by atoms with Gasteiger partial charge in [0.2, 0.25) is 0 Å². The number of esters is 1. The van der Waals surface area contributed by atoms with Crippen LogP contribution in [0.4, 0.5) is 5.69 Å². The Balaban J connectivity index is 1.70. The number of anilines is 1. The number of amides is 1. The summed E-state index contributed by atoms with van der Waals surface area (Å²) in [4.78, 5) is 30.3. The van der Waals surface area contributed by atoms with E-state index in [-0.39, 0.29) is 12.5 Å². The molecule has 0 spiro atoms. The second-order valence-electron chi connectivity index (χ2n) is 5.80. The van der Waals surface area contributed by atoms with E-state index in [9.17, 15) is 9.59 Å². The van der Waals surface area contributed by atoms with Gasteiger partial charge < -0.3 is 14.9 Å². The van der Waals surface area contributed by atoms with Crippen LogP contribution in [-0.4, -0.2) is 40.8 Å². The summed E-state index contributed by atoms with van der Waals surface area (Å²) in [6.45, 7) is 3.65. The Hall–Kier alpha value is -3.42. The van der Waals surface area contributed by atoms with Crippen LogP contribution < -0.4 is 10.2 Å². The largest absolute Gasteiger partial charge is 0.465 e. The van der Waals surface area contributed by atoms with E-state index in [1.807, 2.05) is 32.0 Å². The molecule has 0 unspecified atom stereocenters. The predicted octanol–water partition coefficient (Wildman–Crippen LogP) is 1.90. The number of ether oxygens (including phenoxy) is 1. The summed E-state index contributed by atoms with van der Waals surface area (Å²) in [5, 5.41) is 10.6. The quantitative estimate of drug-likeness (QED) is 0.703. The van der Waals surface area contributed by atoms with Crippen LogP contribution in [0, 0.1) is 13.8 Å². The molecule has 1 N–H and O–H groups in total. The highest BCUT2D eigenvalue weighted by Crippen LogP contribution is 2.16. The number of rotatable bonds is 5. The van der Waals surface area contributed by atoms with Crippen molar-refractivity contribution in [3.05, 3.63) is 53.1 Å². The van der Waals surface area contributed by atoms with Gasteiger partial charge in [0.05, 0.1) is 12.7 Å². The van der Waals surface area contributed by atoms with Gasteiger partial charge in [-0.3, -0.25) is 4.79 Å². The number of carbonyl (C=O) groups is 2. The number of hydrogen-bond acceptors (Lipinski definition) is 6. The molecule has 0 aliphatic carbocycles. The van der Waals surface area contributed by atoms with Crippen molar-refractivity contribution in [3.8, 4) is 0 Å². The first-order chi connectivity index (χ1) is 12.5. The second kappa shape index (κ2) is 7.22. The number of carbonyl (C=O) groups excluding carboxylic acids is 2. The first-order valence-corrected chi connectivity index (χ1v) is 7.92. The fraction of sp³-hybridized carbons (Fsp3) is 0.222. The van der Waals surface area contributed by atoms with Crippen LogP contribution in [0.15, 0.2) is 36.4 Å². The third-order valence-electron chi connectivity index (χ3n) is 3.81. The van der Waals surface area contributed by atoms with Gasteiger partial charge in [0, 0.05) is 5.69 Å². The molecule has 0 fully saturated rings. The molecular formula is C18H18N4O4. The number of hydrogen-bond donors (Lipinski definition) is 1. The molecule has 3 aromatic rings. The monoisotopic (exact) mass is 354 g/mol. The third-order valence-corrected chi connectivity index (χ3v) is 3.81. The molecule has 0 saturated carbocycles. The zero-order valence-electron chi connectivity index (χ0n) is 14.6. The lowest BCUT2D eigenvalue weighted by Gasteiger charge is -2.10. The van der Waals surface area contributed by atoms with Gasteiger partial charge in [0.25, 0.3) is 5.91 Å². The maximum absolute atomic E-state index is 12.1. The molecule has 0 aliphatic rings. The van der Waals surface area contributed by atoms with Gasteiger partial charge in [-0.25, -0.2) is 4.79 Å². The minimum absolute atomic E-state index is 0.256. The molecule has 0 atom stereocenters. The maximum Gasteiger partial charge on any atom is 0.337 e. The number of aromatic nitrogens is 3. The van der Waals surface area contributed by atoms with Crippen LogP contribution in [0.1, 0.15) is 21.5 Å². The molecule has 2 aromatic carbocycles. The lowest BCUT2D eigenvalue weighted by Crippen LogP contribution is -2.26. The van der Waals surface area contributed by atoms with Gasteiger partial charge in [-0.15, -0.1) is 5.10 Å². The average molecular weight is 354 g/mol. The van der Waals surface area contributed by atoms with E-state index in [1.165, 1.54) is 7.11 Å². The standard InChI is InChI=1S/C18H18N4O4/c1-11-4-6-14(12(2)8-11)19-17(23)10-26-22-16-9-13(18(24)25-3)5-7-15(16)20-21-22/h4-9H,10H2,1-3H3,(H,19,23). The number of fused-ring (bicyclic) bond motifs is 1. The lowest BCUT2D eigenvalue weighted by molar-refractivity contribution is -0.121. The van der Waals surface area contributed by atoms with Gasteiger partial charge in [0.15, 0.2) is 6.61 Å². The molecule has 1 amide bonds. The highest BCUT2D eigenvalue weighted by molar-refractivity contribution is 5.94. The van der Waals surface area contributed by atoms with Gasteiger partial charge in [-0.2, -0.15) is 0 Å². The molecule has 0 radical (unpaired) electrons. The van der Waals surface area contributed by atoms with E-state index >= 15 is 0 Å². The van der Waals surface area contributed by atoms with Crippen molar-refractivity contribution in [2.24, 2.45) is 0 Å². The van der Waals surface area contributed by atoms with Crippen molar-refractivity contribution < 1.29 is 19.2 Å². The van der Waals surface area contributed by atoms with Gasteiger partial charge in [-0.05, 0) is 48.9 Å². The van der Waals surface area contributed by atoms with Gasteiger partial charge in [-0.1, -0.05) is 22.5 Å². The zero-order valence-corrected chi connectivity index (χ0v) is 14.6. The summed E-state index contributed by atoms with van der Waals surface area (Å²) in [6, 6.07) is 10.5. The van der Waals surface area contributed by atoms with Crippen LogP contribution in [-0.2, 0) is 9.53 Å². The van der Waals surface area contributed by atoms with Crippen molar-refractivity contribution >= 4 is 28.6 Å². The summed E-state index contributed by atoms with van der Waals surface area (Å²) in [5.74, 6) is -0.808. The van der Waals surface area contributed by atoms with E-state index in [1.54, 1.807) is 18.2 Å². The molecule has 0 bridgehead atoms. The second-order valence-corrected chi connectivity index (χ2v) is 5.80. The van der Waals surface area contributed by atoms with E-state index in [0.717, 1.165) is 21.7 Å². The molecule has 1 aromatic heterocycles. The molecule has 8 heteroatoms. The summed E-state index contributed by atoms with van der Waals surface area (Å²) in [5.41, 5.74) is 4.15. The maximum atomic E-state index is 12.1. The molecule has 1 heterocycles. The molecule has 0 saturated heterocycles. The van der Waals surface area contributed by atoms with Crippen LogP contribution in [0.5, 0.6) is 0 Å². The molecule has 134 valence electrons. The molecule has 0 aliphatic heterocycles. The Labute approximate surface area is 149 Å². The van der Waals surface area contributed by atoms with E-state index in [4.69, 9.17) is 9.57 Å². The molecular weight excluding hydrogens is 336 g/mol. The predicted molar refractivity (Wildman–Crippen MR) is 94.9 cm³/mol. The van der Waals surface area contributed by atoms with Crippen molar-refractivity contribution in [2.45, 2.75) is 13.8 Å². The Morgan fingerprint density at radius 2 is 1.96 bits per heavy atom. The molecule has 8 nitrogen and oxygen atoms in total. The number of aryl methyl sites for hydroxylation is 2.